The van der Waals surface area contributed by atoms with Gasteiger partial charge in [0, 0.05) is 16.3 Å². The zero-order valence-electron chi connectivity index (χ0n) is 10.8. The number of rotatable bonds is 4. The van der Waals surface area contributed by atoms with Gasteiger partial charge in [-0.15, -0.1) is 0 Å². The highest BCUT2D eigenvalue weighted by Gasteiger charge is 2.20. The summed E-state index contributed by atoms with van der Waals surface area (Å²) in [5, 5.41) is 5.18. The summed E-state index contributed by atoms with van der Waals surface area (Å²) in [4.78, 5) is 4.56. The van der Waals surface area contributed by atoms with Gasteiger partial charge in [-0.05, 0) is 30.0 Å². The largest absolute Gasteiger partial charge is 0.361 e. The number of hydrogen-bond acceptors (Lipinski definition) is 3. The number of nitrogens with zero attached hydrogens (tertiary/aromatic N) is 1. The molecular weight excluding hydrogens is 308 g/mol. The minimum atomic E-state index is 0.664. The highest BCUT2D eigenvalue weighted by atomic mass is 79.9. The number of nitrogens with one attached hydrogen (secondary N) is 1. The van der Waals surface area contributed by atoms with E-state index in [4.69, 9.17) is 0 Å². The van der Waals surface area contributed by atoms with Gasteiger partial charge in [-0.1, -0.05) is 53.7 Å². The summed E-state index contributed by atoms with van der Waals surface area (Å²) in [5.41, 5.74) is 1.29. The van der Waals surface area contributed by atoms with Gasteiger partial charge in [0.05, 0.1) is 6.54 Å². The molecule has 0 amide bonds. The van der Waals surface area contributed by atoms with Crippen molar-refractivity contribution in [3.05, 3.63) is 34.3 Å². The zero-order valence-corrected chi connectivity index (χ0v) is 13.2. The normalized spacial score (nSPS) is 19.1. The van der Waals surface area contributed by atoms with Crippen molar-refractivity contribution in [2.75, 3.05) is 6.54 Å². The summed E-state index contributed by atoms with van der Waals surface area (Å²) in [6.45, 7) is 6.36. The lowest BCUT2D eigenvalue weighted by Crippen LogP contribution is -2.19. The van der Waals surface area contributed by atoms with Crippen molar-refractivity contribution in [1.29, 1.82) is 0 Å². The summed E-state index contributed by atoms with van der Waals surface area (Å²) in [6, 6.07) is 8.40. The van der Waals surface area contributed by atoms with Crippen LogP contribution < -0.4 is 5.32 Å². The van der Waals surface area contributed by atoms with Crippen LogP contribution in [0.3, 0.4) is 0 Å². The van der Waals surface area contributed by atoms with E-state index < -0.39 is 0 Å². The van der Waals surface area contributed by atoms with Crippen LogP contribution in [-0.2, 0) is 6.54 Å². The number of benzene rings is 1. The molecule has 0 saturated carbocycles. The van der Waals surface area contributed by atoms with Gasteiger partial charge >= 0.3 is 0 Å². The van der Waals surface area contributed by atoms with Gasteiger partial charge in [-0.2, -0.15) is 0 Å². The predicted molar refractivity (Wildman–Crippen MR) is 84.1 cm³/mol. The van der Waals surface area contributed by atoms with E-state index in [1.165, 1.54) is 12.0 Å². The fourth-order valence-electron chi connectivity index (χ4n) is 1.94. The summed E-state index contributed by atoms with van der Waals surface area (Å²) < 4.78 is 1.12. The third-order valence-corrected chi connectivity index (χ3v) is 4.51. The summed E-state index contributed by atoms with van der Waals surface area (Å²) >= 11 is 5.34. The maximum Gasteiger partial charge on any atom is 0.157 e. The van der Waals surface area contributed by atoms with E-state index in [9.17, 15) is 0 Å². The van der Waals surface area contributed by atoms with E-state index in [0.717, 1.165) is 28.6 Å². The van der Waals surface area contributed by atoms with E-state index in [2.05, 4.69) is 64.4 Å². The van der Waals surface area contributed by atoms with Crippen LogP contribution in [0, 0.1) is 5.92 Å². The molecule has 0 radical (unpaired) electrons. The molecule has 0 bridgehead atoms. The van der Waals surface area contributed by atoms with E-state index in [0.29, 0.717) is 5.25 Å². The van der Waals surface area contributed by atoms with Crippen LogP contribution in [0.15, 0.2) is 33.7 Å². The molecule has 98 valence electrons. The molecule has 1 aliphatic heterocycles. The van der Waals surface area contributed by atoms with E-state index >= 15 is 0 Å². The quantitative estimate of drug-likeness (QED) is 0.902. The van der Waals surface area contributed by atoms with Crippen molar-refractivity contribution >= 4 is 32.9 Å². The molecule has 0 aliphatic carbocycles. The first kappa shape index (κ1) is 13.9. The van der Waals surface area contributed by atoms with Crippen LogP contribution in [0.4, 0.5) is 0 Å². The molecule has 18 heavy (non-hydrogen) atoms. The highest BCUT2D eigenvalue weighted by molar-refractivity contribution is 9.10. The van der Waals surface area contributed by atoms with Crippen molar-refractivity contribution in [2.24, 2.45) is 10.9 Å². The second-order valence-electron chi connectivity index (χ2n) is 5.00. The number of amidine groups is 1. The standard InChI is InChI=1S/C14H19BrN2S/c1-10(2)7-13-9-17-14(18-13)16-8-11-3-5-12(15)6-4-11/h3-6,10,13H,7-9H2,1-2H3,(H,16,17). The van der Waals surface area contributed by atoms with Crippen molar-refractivity contribution in [2.45, 2.75) is 32.1 Å². The molecule has 0 fully saturated rings. The van der Waals surface area contributed by atoms with Crippen molar-refractivity contribution < 1.29 is 0 Å². The molecule has 1 aliphatic rings. The Morgan fingerprint density at radius 3 is 2.78 bits per heavy atom. The molecule has 0 spiro atoms. The second-order valence-corrected chi connectivity index (χ2v) is 7.20. The molecule has 2 nitrogen and oxygen atoms in total. The lowest BCUT2D eigenvalue weighted by Gasteiger charge is -2.11. The Balaban J connectivity index is 1.76. The fraction of sp³-hybridized carbons (Fsp3) is 0.500. The first-order chi connectivity index (χ1) is 8.63. The summed E-state index contributed by atoms with van der Waals surface area (Å²) in [5.74, 6) is 0.753. The third-order valence-electron chi connectivity index (χ3n) is 2.81. The monoisotopic (exact) mass is 326 g/mol. The van der Waals surface area contributed by atoms with Crippen LogP contribution in [0.1, 0.15) is 25.8 Å². The molecule has 1 N–H and O–H groups in total. The van der Waals surface area contributed by atoms with E-state index in [1.807, 2.05) is 11.8 Å². The van der Waals surface area contributed by atoms with Crippen molar-refractivity contribution in [3.63, 3.8) is 0 Å². The Morgan fingerprint density at radius 2 is 2.11 bits per heavy atom. The average Bonchev–Trinajstić information content (AvgIpc) is 2.75. The number of hydrogen-bond donors (Lipinski definition) is 1. The average molecular weight is 327 g/mol. The van der Waals surface area contributed by atoms with Gasteiger partial charge in [-0.3, -0.25) is 4.99 Å². The zero-order chi connectivity index (χ0) is 13.0. The predicted octanol–water partition coefficient (Wildman–Crippen LogP) is 4.06. The Morgan fingerprint density at radius 1 is 1.39 bits per heavy atom. The molecule has 0 saturated heterocycles. The van der Waals surface area contributed by atoms with Gasteiger partial charge in [-0.25, -0.2) is 0 Å². The minimum absolute atomic E-state index is 0.664. The number of aliphatic imine (C=N–C) groups is 1. The van der Waals surface area contributed by atoms with Gasteiger partial charge in [0.2, 0.25) is 0 Å². The lowest BCUT2D eigenvalue weighted by atomic mass is 10.1. The van der Waals surface area contributed by atoms with Crippen molar-refractivity contribution in [1.82, 2.24) is 5.32 Å². The molecule has 4 heteroatoms. The maximum atomic E-state index is 4.56. The van der Waals surface area contributed by atoms with Crippen molar-refractivity contribution in [3.8, 4) is 0 Å². The smallest absolute Gasteiger partial charge is 0.157 e. The van der Waals surface area contributed by atoms with Gasteiger partial charge in [0.1, 0.15) is 0 Å². The van der Waals surface area contributed by atoms with Crippen LogP contribution in [-0.4, -0.2) is 17.0 Å². The van der Waals surface area contributed by atoms with Crippen LogP contribution in [0.5, 0.6) is 0 Å². The Hall–Kier alpha value is -0.480. The van der Waals surface area contributed by atoms with Crippen LogP contribution >= 0.6 is 27.7 Å². The van der Waals surface area contributed by atoms with Gasteiger partial charge in [0.15, 0.2) is 5.17 Å². The molecule has 1 aromatic carbocycles. The molecular formula is C14H19BrN2S. The molecule has 0 aromatic heterocycles. The van der Waals surface area contributed by atoms with E-state index in [-0.39, 0.29) is 0 Å². The van der Waals surface area contributed by atoms with Crippen LogP contribution in [0.25, 0.3) is 0 Å². The summed E-state index contributed by atoms with van der Waals surface area (Å²) in [6.07, 6.45) is 1.25. The Bertz CT molecular complexity index is 414. The molecule has 2 rings (SSSR count). The maximum absolute atomic E-state index is 4.56. The SMILES string of the molecule is CC(C)CC1CN=C(NCc2ccc(Br)cc2)S1. The molecule has 1 aromatic rings. The van der Waals surface area contributed by atoms with Gasteiger partial charge < -0.3 is 5.32 Å². The second kappa shape index (κ2) is 6.62. The first-order valence-electron chi connectivity index (χ1n) is 6.33. The fourth-order valence-corrected chi connectivity index (χ4v) is 3.46. The minimum Gasteiger partial charge on any atom is -0.361 e. The Kier molecular flexibility index (Phi) is 5.13. The highest BCUT2D eigenvalue weighted by Crippen LogP contribution is 2.25. The molecule has 1 atom stereocenters. The van der Waals surface area contributed by atoms with E-state index in [1.54, 1.807) is 0 Å². The van der Waals surface area contributed by atoms with Gasteiger partial charge in [0.25, 0.3) is 0 Å². The number of halogens is 1. The Labute approximate surface area is 122 Å². The number of thioether (sulfide) groups is 1. The lowest BCUT2D eigenvalue weighted by molar-refractivity contribution is 0.575. The molecule has 1 unspecified atom stereocenters. The molecule has 1 heterocycles. The topological polar surface area (TPSA) is 24.4 Å². The third kappa shape index (κ3) is 4.32. The van der Waals surface area contributed by atoms with Crippen LogP contribution in [0.2, 0.25) is 0 Å². The first-order valence-corrected chi connectivity index (χ1v) is 8.00. The summed E-state index contributed by atoms with van der Waals surface area (Å²) in [7, 11) is 0.